The van der Waals surface area contributed by atoms with Gasteiger partial charge >= 0.3 is 5.82 Å². The molecule has 1 aliphatic heterocycles. The lowest BCUT2D eigenvalue weighted by molar-refractivity contribution is -0.389. The lowest BCUT2D eigenvalue weighted by Crippen LogP contribution is -2.12. The van der Waals surface area contributed by atoms with Crippen LogP contribution >= 0.6 is 0 Å². The van der Waals surface area contributed by atoms with Crippen molar-refractivity contribution in [2.24, 2.45) is 0 Å². The van der Waals surface area contributed by atoms with Gasteiger partial charge in [0, 0.05) is 13.0 Å². The molecule has 0 saturated carbocycles. The molecule has 0 N–H and O–H groups in total. The summed E-state index contributed by atoms with van der Waals surface area (Å²) < 4.78 is 3.74. The van der Waals surface area contributed by atoms with Gasteiger partial charge in [0.1, 0.15) is 12.4 Å². The van der Waals surface area contributed by atoms with E-state index in [1.807, 2.05) is 0 Å². The van der Waals surface area contributed by atoms with Crippen LogP contribution in [0.3, 0.4) is 0 Å². The smallest absolute Gasteiger partial charge is 0.358 e. The molecule has 0 aromatic carbocycles. The second kappa shape index (κ2) is 5.03. The first-order valence-electron chi connectivity index (χ1n) is 6.75. The van der Waals surface area contributed by atoms with Crippen LogP contribution in [0.25, 0.3) is 0 Å². The Labute approximate surface area is 115 Å². The molecule has 8 nitrogen and oxygen atoms in total. The summed E-state index contributed by atoms with van der Waals surface area (Å²) in [7, 11) is 0. The minimum Gasteiger partial charge on any atom is -0.358 e. The molecule has 1 aliphatic rings. The van der Waals surface area contributed by atoms with Gasteiger partial charge in [0.15, 0.2) is 5.82 Å². The third-order valence-electron chi connectivity index (χ3n) is 3.63. The van der Waals surface area contributed by atoms with Crippen molar-refractivity contribution in [2.45, 2.75) is 45.7 Å². The molecule has 20 heavy (non-hydrogen) atoms. The zero-order valence-electron chi connectivity index (χ0n) is 11.3. The number of aryl methyl sites for hydroxylation is 2. The molecule has 3 rings (SSSR count). The number of hydrogen-bond donors (Lipinski definition) is 0. The lowest BCUT2D eigenvalue weighted by Gasteiger charge is -2.06. The highest BCUT2D eigenvalue weighted by Crippen LogP contribution is 2.17. The van der Waals surface area contributed by atoms with Gasteiger partial charge in [0.25, 0.3) is 0 Å². The summed E-state index contributed by atoms with van der Waals surface area (Å²) in [6.07, 6.45) is 4.42. The second-order valence-corrected chi connectivity index (χ2v) is 5.05. The predicted octanol–water partition coefficient (Wildman–Crippen LogP) is 1.47. The van der Waals surface area contributed by atoms with Crippen LogP contribution in [0.4, 0.5) is 5.82 Å². The van der Waals surface area contributed by atoms with Crippen molar-refractivity contribution >= 4 is 5.82 Å². The van der Waals surface area contributed by atoms with Crippen molar-refractivity contribution in [3.63, 3.8) is 0 Å². The first kappa shape index (κ1) is 12.8. The summed E-state index contributed by atoms with van der Waals surface area (Å²) in [4.78, 5) is 10.3. The molecule has 0 unspecified atom stereocenters. The van der Waals surface area contributed by atoms with E-state index >= 15 is 0 Å². The molecule has 0 radical (unpaired) electrons. The first-order valence-corrected chi connectivity index (χ1v) is 6.75. The van der Waals surface area contributed by atoms with Crippen LogP contribution in [0.15, 0.2) is 6.07 Å². The summed E-state index contributed by atoms with van der Waals surface area (Å²) in [6, 6.07) is 1.47. The Morgan fingerprint density at radius 1 is 1.35 bits per heavy atom. The predicted molar refractivity (Wildman–Crippen MR) is 70.3 cm³/mol. The molecule has 0 fully saturated rings. The third-order valence-corrected chi connectivity index (χ3v) is 3.63. The summed E-state index contributed by atoms with van der Waals surface area (Å²) in [5, 5.41) is 23.2. The lowest BCUT2D eigenvalue weighted by atomic mass is 10.2. The quantitative estimate of drug-likeness (QED) is 0.625. The summed E-state index contributed by atoms with van der Waals surface area (Å²) >= 11 is 0. The minimum absolute atomic E-state index is 0.127. The maximum atomic E-state index is 10.7. The summed E-state index contributed by atoms with van der Waals surface area (Å²) in [6.45, 7) is 3.15. The van der Waals surface area contributed by atoms with Crippen molar-refractivity contribution in [3.8, 4) is 0 Å². The topological polar surface area (TPSA) is 91.7 Å². The number of fused-ring (bicyclic) bond motifs is 1. The van der Waals surface area contributed by atoms with Crippen LogP contribution in [0.2, 0.25) is 0 Å². The van der Waals surface area contributed by atoms with Crippen LogP contribution in [-0.2, 0) is 19.5 Å². The molecule has 106 valence electrons. The highest BCUT2D eigenvalue weighted by Gasteiger charge is 2.20. The van der Waals surface area contributed by atoms with E-state index in [-0.39, 0.29) is 5.82 Å². The van der Waals surface area contributed by atoms with Crippen LogP contribution in [0, 0.1) is 17.0 Å². The molecule has 8 heteroatoms. The normalized spacial score (nSPS) is 14.8. The summed E-state index contributed by atoms with van der Waals surface area (Å²) in [5.41, 5.74) is 0.752. The summed E-state index contributed by atoms with van der Waals surface area (Å²) in [5.74, 6) is 1.71. The SMILES string of the molecule is Cc1cc([N+](=O)[O-])nn1Cc1nnc2n1CCCCC2. The van der Waals surface area contributed by atoms with Gasteiger partial charge in [-0.1, -0.05) is 6.42 Å². The van der Waals surface area contributed by atoms with Crippen molar-refractivity contribution in [3.05, 3.63) is 33.5 Å². The van der Waals surface area contributed by atoms with Gasteiger partial charge in [0.2, 0.25) is 0 Å². The first-order chi connectivity index (χ1) is 9.65. The van der Waals surface area contributed by atoms with Crippen molar-refractivity contribution in [2.75, 3.05) is 0 Å². The Morgan fingerprint density at radius 3 is 2.95 bits per heavy atom. The Hall–Kier alpha value is -2.25. The molecule has 0 aliphatic carbocycles. The Kier molecular flexibility index (Phi) is 3.21. The van der Waals surface area contributed by atoms with Crippen molar-refractivity contribution in [1.82, 2.24) is 24.5 Å². The zero-order valence-corrected chi connectivity index (χ0v) is 11.3. The number of nitrogens with zero attached hydrogens (tertiary/aromatic N) is 6. The van der Waals surface area contributed by atoms with Crippen LogP contribution in [0.1, 0.15) is 36.6 Å². The van der Waals surface area contributed by atoms with E-state index in [1.165, 1.54) is 12.5 Å². The second-order valence-electron chi connectivity index (χ2n) is 5.05. The third kappa shape index (κ3) is 2.28. The standard InChI is InChI=1S/C12H16N6O2/c1-9-7-11(18(19)20)15-17(9)8-12-14-13-10-5-3-2-4-6-16(10)12/h7H,2-6,8H2,1H3. The van der Waals surface area contributed by atoms with E-state index < -0.39 is 4.92 Å². The average molecular weight is 276 g/mol. The van der Waals surface area contributed by atoms with E-state index in [9.17, 15) is 10.1 Å². The molecular weight excluding hydrogens is 260 g/mol. The highest BCUT2D eigenvalue weighted by molar-refractivity contribution is 5.21. The zero-order chi connectivity index (χ0) is 14.1. The van der Waals surface area contributed by atoms with E-state index in [2.05, 4.69) is 19.9 Å². The minimum atomic E-state index is -0.478. The van der Waals surface area contributed by atoms with E-state index in [1.54, 1.807) is 11.6 Å². The maximum absolute atomic E-state index is 10.7. The van der Waals surface area contributed by atoms with Gasteiger partial charge < -0.3 is 14.7 Å². The molecule has 0 atom stereocenters. The van der Waals surface area contributed by atoms with Crippen LogP contribution in [0.5, 0.6) is 0 Å². The molecule has 3 heterocycles. The monoisotopic (exact) mass is 276 g/mol. The van der Waals surface area contributed by atoms with Crippen LogP contribution < -0.4 is 0 Å². The van der Waals surface area contributed by atoms with E-state index in [0.717, 1.165) is 43.1 Å². The highest BCUT2D eigenvalue weighted by atomic mass is 16.6. The molecule has 0 spiro atoms. The number of nitro groups is 1. The number of rotatable bonds is 3. The molecule has 2 aromatic rings. The Bertz CT molecular complexity index is 644. The molecule has 0 bridgehead atoms. The molecular formula is C12H16N6O2. The van der Waals surface area contributed by atoms with Gasteiger partial charge in [0.05, 0.1) is 16.9 Å². The van der Waals surface area contributed by atoms with Gasteiger partial charge in [-0.15, -0.1) is 10.2 Å². The van der Waals surface area contributed by atoms with Crippen LogP contribution in [-0.4, -0.2) is 29.5 Å². The fraction of sp³-hybridized carbons (Fsp3) is 0.583. The molecule has 2 aromatic heterocycles. The van der Waals surface area contributed by atoms with E-state index in [0.29, 0.717) is 6.54 Å². The average Bonchev–Trinajstić information content (AvgIpc) is 2.87. The van der Waals surface area contributed by atoms with Gasteiger partial charge in [-0.05, 0) is 24.7 Å². The maximum Gasteiger partial charge on any atom is 0.390 e. The van der Waals surface area contributed by atoms with Crippen molar-refractivity contribution < 1.29 is 4.92 Å². The number of aromatic nitrogens is 5. The van der Waals surface area contributed by atoms with Crippen molar-refractivity contribution in [1.29, 1.82) is 0 Å². The van der Waals surface area contributed by atoms with E-state index in [4.69, 9.17) is 0 Å². The van der Waals surface area contributed by atoms with Gasteiger partial charge in [-0.2, -0.15) is 4.68 Å². The largest absolute Gasteiger partial charge is 0.390 e. The Morgan fingerprint density at radius 2 is 2.20 bits per heavy atom. The van der Waals surface area contributed by atoms with Gasteiger partial charge in [-0.3, -0.25) is 0 Å². The fourth-order valence-electron chi connectivity index (χ4n) is 2.54. The number of hydrogen-bond acceptors (Lipinski definition) is 5. The Balaban J connectivity index is 1.88. The molecule has 0 saturated heterocycles. The van der Waals surface area contributed by atoms with Gasteiger partial charge in [-0.25, -0.2) is 0 Å². The molecule has 0 amide bonds. The fourth-order valence-corrected chi connectivity index (χ4v) is 2.54.